The first kappa shape index (κ1) is 22.8. The summed E-state index contributed by atoms with van der Waals surface area (Å²) in [7, 11) is -4.02. The van der Waals surface area contributed by atoms with E-state index in [0.717, 1.165) is 22.9 Å². The van der Waals surface area contributed by atoms with E-state index in [2.05, 4.69) is 4.90 Å². The number of sulfonamides is 1. The monoisotopic (exact) mass is 467 g/mol. The van der Waals surface area contributed by atoms with Gasteiger partial charge in [-0.05, 0) is 55.3 Å². The molecule has 0 bridgehead atoms. The van der Waals surface area contributed by atoms with E-state index in [4.69, 9.17) is 4.74 Å². The normalized spacial score (nSPS) is 14.8. The fourth-order valence-electron chi connectivity index (χ4n) is 3.98. The SMILES string of the molecule is Cc1cc(C)cc(Oc2ccc([N+](=O)[O-])cc2S(=O)(=O)N2CCN(c3ccccc3)CC2)c1. The predicted octanol–water partition coefficient (Wildman–Crippen LogP) is 4.51. The summed E-state index contributed by atoms with van der Waals surface area (Å²) in [5.74, 6) is 0.544. The van der Waals surface area contributed by atoms with Crippen LogP contribution < -0.4 is 9.64 Å². The number of non-ortho nitro benzene ring substituents is 1. The van der Waals surface area contributed by atoms with Gasteiger partial charge in [0.25, 0.3) is 5.69 Å². The van der Waals surface area contributed by atoms with Crippen LogP contribution in [0.25, 0.3) is 0 Å². The number of aryl methyl sites for hydroxylation is 2. The summed E-state index contributed by atoms with van der Waals surface area (Å²) in [4.78, 5) is 12.7. The summed E-state index contributed by atoms with van der Waals surface area (Å²) in [5.41, 5.74) is 2.66. The van der Waals surface area contributed by atoms with E-state index < -0.39 is 14.9 Å². The summed E-state index contributed by atoms with van der Waals surface area (Å²) >= 11 is 0. The lowest BCUT2D eigenvalue weighted by atomic mass is 10.1. The maximum absolute atomic E-state index is 13.6. The van der Waals surface area contributed by atoms with Crippen molar-refractivity contribution in [3.63, 3.8) is 0 Å². The van der Waals surface area contributed by atoms with Crippen molar-refractivity contribution in [2.45, 2.75) is 18.7 Å². The molecule has 1 heterocycles. The van der Waals surface area contributed by atoms with Gasteiger partial charge in [0.05, 0.1) is 4.92 Å². The van der Waals surface area contributed by atoms with Crippen molar-refractivity contribution < 1.29 is 18.1 Å². The van der Waals surface area contributed by atoms with Crippen LogP contribution in [0.15, 0.2) is 71.6 Å². The highest BCUT2D eigenvalue weighted by Gasteiger charge is 2.32. The van der Waals surface area contributed by atoms with E-state index >= 15 is 0 Å². The van der Waals surface area contributed by atoms with Gasteiger partial charge in [-0.15, -0.1) is 0 Å². The number of nitro groups is 1. The fraction of sp³-hybridized carbons (Fsp3) is 0.250. The van der Waals surface area contributed by atoms with E-state index in [1.54, 1.807) is 12.1 Å². The van der Waals surface area contributed by atoms with E-state index in [0.29, 0.717) is 18.8 Å². The number of anilines is 1. The molecule has 0 spiro atoms. The van der Waals surface area contributed by atoms with Gasteiger partial charge < -0.3 is 9.64 Å². The molecule has 0 saturated carbocycles. The van der Waals surface area contributed by atoms with Gasteiger partial charge in [-0.3, -0.25) is 10.1 Å². The lowest BCUT2D eigenvalue weighted by Crippen LogP contribution is -2.48. The smallest absolute Gasteiger partial charge is 0.271 e. The van der Waals surface area contributed by atoms with Crippen LogP contribution >= 0.6 is 0 Å². The Labute approximate surface area is 193 Å². The lowest BCUT2D eigenvalue weighted by molar-refractivity contribution is -0.385. The molecule has 0 unspecified atom stereocenters. The van der Waals surface area contributed by atoms with Gasteiger partial charge in [0, 0.05) is 44.0 Å². The second-order valence-electron chi connectivity index (χ2n) is 8.04. The molecule has 0 atom stereocenters. The van der Waals surface area contributed by atoms with Gasteiger partial charge in [-0.25, -0.2) is 8.42 Å². The lowest BCUT2D eigenvalue weighted by Gasteiger charge is -2.35. The minimum absolute atomic E-state index is 0.0658. The molecule has 3 aromatic carbocycles. The zero-order valence-electron chi connectivity index (χ0n) is 18.5. The van der Waals surface area contributed by atoms with E-state index in [1.165, 1.54) is 16.4 Å². The second-order valence-corrected chi connectivity index (χ2v) is 9.95. The van der Waals surface area contributed by atoms with Gasteiger partial charge in [0.1, 0.15) is 16.4 Å². The summed E-state index contributed by atoms with van der Waals surface area (Å²) in [6, 6.07) is 19.0. The molecule has 0 aromatic heterocycles. The third kappa shape index (κ3) is 4.99. The molecular formula is C24H25N3O5S. The van der Waals surface area contributed by atoms with E-state index in [1.807, 2.05) is 50.2 Å². The van der Waals surface area contributed by atoms with Crippen molar-refractivity contribution in [3.8, 4) is 11.5 Å². The van der Waals surface area contributed by atoms with Crippen LogP contribution in [-0.4, -0.2) is 43.8 Å². The minimum atomic E-state index is -4.02. The first-order valence-corrected chi connectivity index (χ1v) is 12.0. The van der Waals surface area contributed by atoms with Crippen LogP contribution in [0.4, 0.5) is 11.4 Å². The first-order valence-electron chi connectivity index (χ1n) is 10.6. The van der Waals surface area contributed by atoms with Gasteiger partial charge in [0.15, 0.2) is 0 Å². The Balaban J connectivity index is 1.64. The van der Waals surface area contributed by atoms with Crippen molar-refractivity contribution in [2.24, 2.45) is 0 Å². The van der Waals surface area contributed by atoms with Crippen molar-refractivity contribution in [3.05, 3.63) is 88.0 Å². The zero-order valence-corrected chi connectivity index (χ0v) is 19.3. The molecule has 33 heavy (non-hydrogen) atoms. The number of hydrogen-bond acceptors (Lipinski definition) is 6. The summed E-state index contributed by atoms with van der Waals surface area (Å²) < 4.78 is 34.4. The highest BCUT2D eigenvalue weighted by molar-refractivity contribution is 7.89. The molecule has 1 aliphatic rings. The number of para-hydroxylation sites is 1. The Morgan fingerprint density at radius 3 is 2.12 bits per heavy atom. The molecule has 1 fully saturated rings. The van der Waals surface area contributed by atoms with Crippen LogP contribution in [0.5, 0.6) is 11.5 Å². The minimum Gasteiger partial charge on any atom is -0.456 e. The first-order chi connectivity index (χ1) is 15.7. The van der Waals surface area contributed by atoms with E-state index in [9.17, 15) is 18.5 Å². The number of nitro benzene ring substituents is 1. The van der Waals surface area contributed by atoms with Crippen molar-refractivity contribution in [2.75, 3.05) is 31.1 Å². The molecule has 1 saturated heterocycles. The average Bonchev–Trinajstić information content (AvgIpc) is 2.79. The Morgan fingerprint density at radius 1 is 0.879 bits per heavy atom. The fourth-order valence-corrected chi connectivity index (χ4v) is 5.54. The molecule has 3 aromatic rings. The topological polar surface area (TPSA) is 93.0 Å². The summed E-state index contributed by atoms with van der Waals surface area (Å²) in [6.45, 7) is 5.40. The number of hydrogen-bond donors (Lipinski definition) is 0. The Morgan fingerprint density at radius 2 is 1.52 bits per heavy atom. The molecule has 0 radical (unpaired) electrons. The molecule has 172 valence electrons. The molecule has 0 N–H and O–H groups in total. The molecule has 0 aliphatic carbocycles. The van der Waals surface area contributed by atoms with Crippen LogP contribution in [0, 0.1) is 24.0 Å². The number of nitrogens with zero attached hydrogens (tertiary/aromatic N) is 3. The van der Waals surface area contributed by atoms with Crippen molar-refractivity contribution in [1.82, 2.24) is 4.31 Å². The van der Waals surface area contributed by atoms with Crippen molar-refractivity contribution >= 4 is 21.4 Å². The molecular weight excluding hydrogens is 442 g/mol. The van der Waals surface area contributed by atoms with Crippen molar-refractivity contribution in [1.29, 1.82) is 0 Å². The molecule has 8 nitrogen and oxygen atoms in total. The number of piperazine rings is 1. The van der Waals surface area contributed by atoms with E-state index in [-0.39, 0.29) is 29.4 Å². The van der Waals surface area contributed by atoms with Gasteiger partial charge in [0.2, 0.25) is 10.0 Å². The largest absolute Gasteiger partial charge is 0.456 e. The highest BCUT2D eigenvalue weighted by Crippen LogP contribution is 2.35. The zero-order chi connectivity index (χ0) is 23.6. The van der Waals surface area contributed by atoms with Crippen LogP contribution in [-0.2, 0) is 10.0 Å². The van der Waals surface area contributed by atoms with Crippen LogP contribution in [0.2, 0.25) is 0 Å². The summed E-state index contributed by atoms with van der Waals surface area (Å²) in [5, 5.41) is 11.4. The van der Waals surface area contributed by atoms with Gasteiger partial charge >= 0.3 is 0 Å². The average molecular weight is 468 g/mol. The van der Waals surface area contributed by atoms with Gasteiger partial charge in [-0.2, -0.15) is 4.31 Å². The van der Waals surface area contributed by atoms with Crippen LogP contribution in [0.1, 0.15) is 11.1 Å². The molecule has 0 amide bonds. The molecule has 1 aliphatic heterocycles. The quantitative estimate of drug-likeness (QED) is 0.391. The highest BCUT2D eigenvalue weighted by atomic mass is 32.2. The molecule has 9 heteroatoms. The molecule has 4 rings (SSSR count). The Bertz CT molecular complexity index is 1250. The third-order valence-electron chi connectivity index (χ3n) is 5.54. The Hall–Kier alpha value is -3.43. The number of ether oxygens (including phenoxy) is 1. The Kier molecular flexibility index (Phi) is 6.35. The van der Waals surface area contributed by atoms with Crippen LogP contribution in [0.3, 0.4) is 0 Å². The van der Waals surface area contributed by atoms with Gasteiger partial charge in [-0.1, -0.05) is 24.3 Å². The standard InChI is InChI=1S/C24H25N3O5S/c1-18-14-19(2)16-22(15-18)32-23-9-8-21(27(28)29)17-24(23)33(30,31)26-12-10-25(11-13-26)20-6-4-3-5-7-20/h3-9,14-17H,10-13H2,1-2H3. The maximum Gasteiger partial charge on any atom is 0.271 e. The predicted molar refractivity (Wildman–Crippen MR) is 127 cm³/mol. The summed E-state index contributed by atoms with van der Waals surface area (Å²) in [6.07, 6.45) is 0. The third-order valence-corrected chi connectivity index (χ3v) is 7.46. The number of rotatable bonds is 6. The second kappa shape index (κ2) is 9.21. The number of benzene rings is 3. The maximum atomic E-state index is 13.6.